The van der Waals surface area contributed by atoms with Gasteiger partial charge in [-0.25, -0.2) is 0 Å². The van der Waals surface area contributed by atoms with Gasteiger partial charge < -0.3 is 0 Å². The standard InChI is InChI=1S/C34H26N6O13S4/c1-18-11-22(5-9-30(18)39-36-24-4-3-20-13-26(55(45,46)47)17-31(28(20)16-24)56(48,49)50)35-38-29-10-6-23(12-19(29)2)37-40-33-27-8-7-25(54(42,43)44)14-21(27)15-32(34(33)41)57(51,52)53/h3-17,37H,1-2H3,(H,42,43,44)(H,45,46,47)(H,48,49,50)(H,51,52,53)/b38-35?,39-36?,40-33-. The third kappa shape index (κ3) is 9.05. The molecule has 19 nitrogen and oxygen atoms in total. The molecule has 0 fully saturated rings. The maximum Gasteiger partial charge on any atom is 0.298 e. The number of carbonyl (C=O) groups is 1. The lowest BCUT2D eigenvalue weighted by molar-refractivity contribution is -0.109. The molecule has 23 heteroatoms. The van der Waals surface area contributed by atoms with Crippen LogP contribution in [-0.4, -0.2) is 63.4 Å². The van der Waals surface area contributed by atoms with Gasteiger partial charge >= 0.3 is 0 Å². The molecular formula is C34H26N6O13S4. The summed E-state index contributed by atoms with van der Waals surface area (Å²) in [6.07, 6.45) is 0.775. The fourth-order valence-corrected chi connectivity index (χ4v) is 7.96. The SMILES string of the molecule is Cc1cc(N=Nc2ccc(N/N=C3\C(=O)C(S(=O)(=O)O)=Cc4cc(S(=O)(=O)O)ccc43)cc2C)ccc1N=Nc1ccc2cc(S(=O)(=O)O)cc(S(=O)(=O)O)c2c1. The van der Waals surface area contributed by atoms with E-state index < -0.39 is 71.6 Å². The molecule has 0 saturated carbocycles. The van der Waals surface area contributed by atoms with Gasteiger partial charge in [-0.05, 0) is 115 Å². The van der Waals surface area contributed by atoms with Crippen LogP contribution in [0.25, 0.3) is 16.8 Å². The van der Waals surface area contributed by atoms with E-state index in [9.17, 15) is 56.7 Å². The van der Waals surface area contributed by atoms with Crippen LogP contribution >= 0.6 is 0 Å². The van der Waals surface area contributed by atoms with Gasteiger partial charge in [0, 0.05) is 10.9 Å². The zero-order valence-electron chi connectivity index (χ0n) is 29.0. The number of nitrogens with one attached hydrogen (secondary N) is 1. The molecule has 6 rings (SSSR count). The molecule has 5 N–H and O–H groups in total. The van der Waals surface area contributed by atoms with Crippen LogP contribution in [-0.2, 0) is 45.3 Å². The highest BCUT2D eigenvalue weighted by molar-refractivity contribution is 7.91. The van der Waals surface area contributed by atoms with Gasteiger partial charge in [-0.3, -0.25) is 28.4 Å². The molecule has 0 spiro atoms. The Morgan fingerprint density at radius 1 is 0.561 bits per heavy atom. The Hall–Kier alpha value is -5.92. The van der Waals surface area contributed by atoms with Crippen molar-refractivity contribution in [2.24, 2.45) is 25.6 Å². The number of hydrogen-bond donors (Lipinski definition) is 5. The maximum absolute atomic E-state index is 13.0. The van der Waals surface area contributed by atoms with E-state index in [1.807, 2.05) is 0 Å². The first-order chi connectivity index (χ1) is 26.5. The molecule has 57 heavy (non-hydrogen) atoms. The van der Waals surface area contributed by atoms with Crippen molar-refractivity contribution >= 4 is 97.3 Å². The minimum absolute atomic E-state index is 0.0272. The number of hydrogen-bond acceptors (Lipinski definition) is 15. The van der Waals surface area contributed by atoms with E-state index >= 15 is 0 Å². The van der Waals surface area contributed by atoms with Crippen molar-refractivity contribution in [1.29, 1.82) is 0 Å². The number of nitrogens with zero attached hydrogens (tertiary/aromatic N) is 5. The van der Waals surface area contributed by atoms with Crippen LogP contribution in [0.3, 0.4) is 0 Å². The van der Waals surface area contributed by atoms with E-state index in [4.69, 9.17) is 0 Å². The van der Waals surface area contributed by atoms with Gasteiger partial charge in [0.05, 0.1) is 38.2 Å². The number of benzene rings is 5. The normalized spacial score (nSPS) is 14.7. The number of azo groups is 2. The summed E-state index contributed by atoms with van der Waals surface area (Å²) in [5.41, 5.74) is 5.11. The van der Waals surface area contributed by atoms with Gasteiger partial charge in [0.15, 0.2) is 0 Å². The fourth-order valence-electron chi connectivity index (χ4n) is 5.49. The number of allylic oxidation sites excluding steroid dienone is 1. The zero-order valence-corrected chi connectivity index (χ0v) is 32.3. The molecule has 1 aliphatic rings. The zero-order chi connectivity index (χ0) is 41.7. The van der Waals surface area contributed by atoms with Crippen molar-refractivity contribution < 1.29 is 56.7 Å². The number of fused-ring (bicyclic) bond motifs is 2. The van der Waals surface area contributed by atoms with Gasteiger partial charge in [0.2, 0.25) is 5.78 Å². The average molecular weight is 855 g/mol. The van der Waals surface area contributed by atoms with Crippen molar-refractivity contribution in [1.82, 2.24) is 0 Å². The highest BCUT2D eigenvalue weighted by Crippen LogP contribution is 2.33. The average Bonchev–Trinajstić information content (AvgIpc) is 3.11. The van der Waals surface area contributed by atoms with Crippen LogP contribution in [0.15, 0.2) is 130 Å². The molecule has 0 amide bonds. The largest absolute Gasteiger partial charge is 0.298 e. The molecule has 0 unspecified atom stereocenters. The first kappa shape index (κ1) is 40.7. The fraction of sp³-hybridized carbons (Fsp3) is 0.0588. The third-order valence-corrected chi connectivity index (χ3v) is 11.7. The van der Waals surface area contributed by atoms with Crippen molar-refractivity contribution in [3.63, 3.8) is 0 Å². The van der Waals surface area contributed by atoms with E-state index in [0.717, 1.165) is 30.3 Å². The van der Waals surface area contributed by atoms with Gasteiger partial charge in [-0.1, -0.05) is 12.1 Å². The monoisotopic (exact) mass is 854 g/mol. The Labute approximate surface area is 324 Å². The molecule has 0 radical (unpaired) electrons. The summed E-state index contributed by atoms with van der Waals surface area (Å²) >= 11 is 0. The van der Waals surface area contributed by atoms with E-state index in [2.05, 4.69) is 31.0 Å². The first-order valence-corrected chi connectivity index (χ1v) is 21.5. The Kier molecular flexibility index (Phi) is 10.6. The summed E-state index contributed by atoms with van der Waals surface area (Å²) in [4.78, 5) is 9.92. The quantitative estimate of drug-likeness (QED) is 0.0558. The van der Waals surface area contributed by atoms with Crippen molar-refractivity contribution in [2.45, 2.75) is 28.5 Å². The number of hydrazone groups is 1. The van der Waals surface area contributed by atoms with Crippen LogP contribution < -0.4 is 5.43 Å². The molecule has 294 valence electrons. The molecule has 0 aromatic heterocycles. The summed E-state index contributed by atoms with van der Waals surface area (Å²) in [5, 5.41) is 20.9. The molecule has 5 aromatic carbocycles. The second-order valence-electron chi connectivity index (χ2n) is 12.3. The Bertz CT molecular complexity index is 3140. The second kappa shape index (κ2) is 14.9. The second-order valence-corrected chi connectivity index (χ2v) is 17.9. The highest BCUT2D eigenvalue weighted by atomic mass is 32.2. The third-order valence-electron chi connectivity index (χ3n) is 8.25. The molecule has 0 saturated heterocycles. The lowest BCUT2D eigenvalue weighted by Crippen LogP contribution is -2.27. The van der Waals surface area contributed by atoms with Crippen molar-refractivity contribution in [3.05, 3.63) is 112 Å². The predicted octanol–water partition coefficient (Wildman–Crippen LogP) is 6.66. The van der Waals surface area contributed by atoms with Gasteiger partial charge in [0.1, 0.15) is 15.5 Å². The van der Waals surface area contributed by atoms with Gasteiger partial charge in [-0.15, -0.1) is 0 Å². The van der Waals surface area contributed by atoms with E-state index in [-0.39, 0.29) is 27.6 Å². The van der Waals surface area contributed by atoms with Crippen LogP contribution in [0, 0.1) is 13.8 Å². The molecule has 0 heterocycles. The van der Waals surface area contributed by atoms with E-state index in [1.54, 1.807) is 44.2 Å². The number of Topliss-reactive ketones (excluding diaryl/α,β-unsaturated/α-hetero) is 1. The number of ketones is 1. The highest BCUT2D eigenvalue weighted by Gasteiger charge is 2.34. The van der Waals surface area contributed by atoms with Crippen LogP contribution in [0.5, 0.6) is 0 Å². The lowest BCUT2D eigenvalue weighted by Gasteiger charge is -2.17. The molecule has 0 bridgehead atoms. The molecule has 0 atom stereocenters. The minimum atomic E-state index is -5.05. The Morgan fingerprint density at radius 3 is 1.74 bits per heavy atom. The molecule has 0 aliphatic heterocycles. The number of rotatable bonds is 10. The van der Waals surface area contributed by atoms with E-state index in [1.165, 1.54) is 24.3 Å². The molecular weight excluding hydrogens is 829 g/mol. The van der Waals surface area contributed by atoms with Crippen LogP contribution in [0.1, 0.15) is 22.3 Å². The summed E-state index contributed by atoms with van der Waals surface area (Å²) in [6.45, 7) is 3.43. The predicted molar refractivity (Wildman–Crippen MR) is 205 cm³/mol. The summed E-state index contributed by atoms with van der Waals surface area (Å²) < 4.78 is 132. The van der Waals surface area contributed by atoms with Crippen molar-refractivity contribution in [3.8, 4) is 0 Å². The Balaban J connectivity index is 1.20. The van der Waals surface area contributed by atoms with Gasteiger partial charge in [0.25, 0.3) is 40.5 Å². The number of carbonyl (C=O) groups excluding carboxylic acids is 1. The summed E-state index contributed by atoms with van der Waals surface area (Å²) in [7, 11) is -19.4. The molecule has 5 aromatic rings. The summed E-state index contributed by atoms with van der Waals surface area (Å²) in [6, 6.07) is 18.4. The first-order valence-electron chi connectivity index (χ1n) is 15.8. The van der Waals surface area contributed by atoms with Gasteiger partial charge in [-0.2, -0.15) is 59.2 Å². The van der Waals surface area contributed by atoms with Crippen molar-refractivity contribution in [2.75, 3.05) is 5.43 Å². The van der Waals surface area contributed by atoms with Crippen LogP contribution in [0.2, 0.25) is 0 Å². The number of aryl methyl sites for hydroxylation is 2. The summed E-state index contributed by atoms with van der Waals surface area (Å²) in [5.74, 6) is -1.16. The Morgan fingerprint density at radius 2 is 1.16 bits per heavy atom. The van der Waals surface area contributed by atoms with Crippen LogP contribution in [0.4, 0.5) is 28.4 Å². The molecule has 1 aliphatic carbocycles. The van der Waals surface area contributed by atoms with E-state index in [0.29, 0.717) is 39.9 Å². The smallest absolute Gasteiger partial charge is 0.286 e. The lowest BCUT2D eigenvalue weighted by atomic mass is 9.94. The topological polar surface area (TPSA) is 308 Å². The minimum Gasteiger partial charge on any atom is -0.286 e. The number of anilines is 1. The maximum atomic E-state index is 13.0.